The maximum absolute atomic E-state index is 10.6. The zero-order valence-electron chi connectivity index (χ0n) is 23.2. The van der Waals surface area contributed by atoms with E-state index < -0.39 is 23.8 Å². The van der Waals surface area contributed by atoms with Gasteiger partial charge in [0.25, 0.3) is 0 Å². The summed E-state index contributed by atoms with van der Waals surface area (Å²) in [6.45, 7) is 7.95. The average molecular weight is 540 g/mol. The molecule has 8 N–H and O–H groups in total. The lowest BCUT2D eigenvalue weighted by Gasteiger charge is -2.02. The van der Waals surface area contributed by atoms with Gasteiger partial charge in [-0.1, -0.05) is 91.0 Å². The van der Waals surface area contributed by atoms with Crippen molar-refractivity contribution in [2.75, 3.05) is 0 Å². The summed E-state index contributed by atoms with van der Waals surface area (Å²) < 4.78 is 0. The lowest BCUT2D eigenvalue weighted by molar-refractivity contribution is -0.148. The number of hydrogen-bond donors (Lipinski definition) is 5. The predicted molar refractivity (Wildman–Crippen MR) is 154 cm³/mol. The number of Topliss-reactive ketones (excluding diaryl/α,β-unsaturated/α-hetero) is 2. The third-order valence-corrected chi connectivity index (χ3v) is 4.52. The molecule has 0 fully saturated rings. The second-order valence-electron chi connectivity index (χ2n) is 8.31. The van der Waals surface area contributed by atoms with Crippen LogP contribution in [0, 0.1) is 0 Å². The van der Waals surface area contributed by atoms with Crippen LogP contribution in [0.4, 0.5) is 0 Å². The Morgan fingerprint density at radius 1 is 0.590 bits per heavy atom. The van der Waals surface area contributed by atoms with E-state index in [-0.39, 0.29) is 17.9 Å². The number of ketones is 2. The normalized spacial score (nSPS) is 11.4. The number of carbonyl (C=O) groups excluding carboxylic acids is 2. The average Bonchev–Trinajstić information content (AvgIpc) is 2.91. The van der Waals surface area contributed by atoms with Crippen LogP contribution in [0.25, 0.3) is 0 Å². The molecule has 9 nitrogen and oxygen atoms in total. The molecule has 0 heterocycles. The molecule has 0 aliphatic heterocycles. The minimum absolute atomic E-state index is 0.121. The van der Waals surface area contributed by atoms with Crippen LogP contribution >= 0.6 is 0 Å². The van der Waals surface area contributed by atoms with E-state index in [4.69, 9.17) is 27.4 Å². The summed E-state index contributed by atoms with van der Waals surface area (Å²) in [6.07, 6.45) is 0. The zero-order valence-corrected chi connectivity index (χ0v) is 23.2. The van der Waals surface area contributed by atoms with Gasteiger partial charge in [-0.3, -0.25) is 14.4 Å². The minimum atomic E-state index is -1.38. The van der Waals surface area contributed by atoms with Gasteiger partial charge in [-0.25, -0.2) is 4.79 Å². The number of carboxylic acids is 2. The SMILES string of the molecule is CC(=O)C(=O)O.CC(=O)c1ccccc1.CC(N)C(=O)O.CC(N)c1ccccc1.C[C@H](N)c1ccccc1. The maximum atomic E-state index is 10.6. The van der Waals surface area contributed by atoms with Gasteiger partial charge in [-0.05, 0) is 38.8 Å². The molecule has 0 radical (unpaired) electrons. The second kappa shape index (κ2) is 21.9. The Hall–Kier alpha value is -4.18. The fraction of sp³-hybridized carbons (Fsp3) is 0.267. The van der Waals surface area contributed by atoms with Crippen molar-refractivity contribution >= 4 is 23.5 Å². The van der Waals surface area contributed by atoms with Crippen LogP contribution in [0.5, 0.6) is 0 Å². The van der Waals surface area contributed by atoms with Crippen LogP contribution in [0.15, 0.2) is 91.0 Å². The van der Waals surface area contributed by atoms with Gasteiger partial charge in [0.15, 0.2) is 5.78 Å². The molecular formula is C30H41N3O6. The highest BCUT2D eigenvalue weighted by molar-refractivity contribution is 6.31. The van der Waals surface area contributed by atoms with Gasteiger partial charge in [0.1, 0.15) is 6.04 Å². The van der Waals surface area contributed by atoms with E-state index in [9.17, 15) is 19.2 Å². The molecule has 2 unspecified atom stereocenters. The number of carbonyl (C=O) groups is 4. The quantitative estimate of drug-likeness (QED) is 0.231. The molecule has 39 heavy (non-hydrogen) atoms. The van der Waals surface area contributed by atoms with Crippen molar-refractivity contribution in [3.05, 3.63) is 108 Å². The van der Waals surface area contributed by atoms with Gasteiger partial charge >= 0.3 is 11.9 Å². The van der Waals surface area contributed by atoms with Crippen LogP contribution in [-0.4, -0.2) is 39.8 Å². The number of rotatable bonds is 5. The maximum Gasteiger partial charge on any atom is 0.371 e. The first-order chi connectivity index (χ1) is 18.2. The third-order valence-electron chi connectivity index (χ3n) is 4.52. The number of carboxylic acid groups (broad SMARTS) is 2. The molecule has 0 aliphatic rings. The first kappa shape index (κ1) is 37.0. The van der Waals surface area contributed by atoms with Crippen molar-refractivity contribution in [2.24, 2.45) is 17.2 Å². The van der Waals surface area contributed by atoms with E-state index in [2.05, 4.69) is 0 Å². The topological polar surface area (TPSA) is 187 Å². The lowest BCUT2D eigenvalue weighted by Crippen LogP contribution is -2.25. The van der Waals surface area contributed by atoms with E-state index in [1.54, 1.807) is 6.92 Å². The summed E-state index contributed by atoms with van der Waals surface area (Å²) in [4.78, 5) is 39.1. The monoisotopic (exact) mass is 539 g/mol. The Morgan fingerprint density at radius 3 is 0.974 bits per heavy atom. The molecule has 3 aromatic carbocycles. The first-order valence-electron chi connectivity index (χ1n) is 12.1. The van der Waals surface area contributed by atoms with E-state index in [1.807, 2.05) is 105 Å². The minimum Gasteiger partial charge on any atom is -0.480 e. The molecule has 0 aliphatic carbocycles. The van der Waals surface area contributed by atoms with Gasteiger partial charge in [0.05, 0.1) is 0 Å². The Morgan fingerprint density at radius 2 is 0.846 bits per heavy atom. The molecule has 0 amide bonds. The molecular weight excluding hydrogens is 498 g/mol. The van der Waals surface area contributed by atoms with Crippen molar-refractivity contribution in [2.45, 2.75) is 52.7 Å². The summed E-state index contributed by atoms with van der Waals surface area (Å²) in [7, 11) is 0. The van der Waals surface area contributed by atoms with E-state index in [0.717, 1.165) is 12.5 Å². The van der Waals surface area contributed by atoms with Gasteiger partial charge < -0.3 is 27.4 Å². The first-order valence-corrected chi connectivity index (χ1v) is 12.1. The highest BCUT2D eigenvalue weighted by Crippen LogP contribution is 2.07. The Labute approximate surface area is 230 Å². The summed E-state index contributed by atoms with van der Waals surface area (Å²) in [6, 6.07) is 28.9. The highest BCUT2D eigenvalue weighted by Gasteiger charge is 2.00. The molecule has 0 saturated carbocycles. The Balaban J connectivity index is 0. The molecule has 3 aromatic rings. The zero-order chi connectivity index (χ0) is 30.4. The fourth-order valence-corrected chi connectivity index (χ4v) is 2.19. The molecule has 3 atom stereocenters. The van der Waals surface area contributed by atoms with E-state index in [1.165, 1.54) is 18.1 Å². The van der Waals surface area contributed by atoms with E-state index in [0.29, 0.717) is 0 Å². The summed E-state index contributed by atoms with van der Waals surface area (Å²) in [5, 5.41) is 15.5. The summed E-state index contributed by atoms with van der Waals surface area (Å²) in [5.41, 5.74) is 19.2. The summed E-state index contributed by atoms with van der Waals surface area (Å²) >= 11 is 0. The molecule has 0 bridgehead atoms. The van der Waals surface area contributed by atoms with Crippen molar-refractivity contribution in [1.82, 2.24) is 0 Å². The van der Waals surface area contributed by atoms with Crippen LogP contribution in [0.3, 0.4) is 0 Å². The Bertz CT molecular complexity index is 1030. The molecule has 0 saturated heterocycles. The summed E-state index contributed by atoms with van der Waals surface area (Å²) in [5.74, 6) is -3.05. The van der Waals surface area contributed by atoms with Crippen molar-refractivity contribution in [3.63, 3.8) is 0 Å². The Kier molecular flexibility index (Phi) is 20.7. The smallest absolute Gasteiger partial charge is 0.371 e. The van der Waals surface area contributed by atoms with Gasteiger partial charge in [-0.2, -0.15) is 0 Å². The highest BCUT2D eigenvalue weighted by atomic mass is 16.4. The van der Waals surface area contributed by atoms with Gasteiger partial charge in [0.2, 0.25) is 5.78 Å². The van der Waals surface area contributed by atoms with Crippen molar-refractivity contribution in [1.29, 1.82) is 0 Å². The fourth-order valence-electron chi connectivity index (χ4n) is 2.19. The van der Waals surface area contributed by atoms with Gasteiger partial charge in [-0.15, -0.1) is 0 Å². The second-order valence-corrected chi connectivity index (χ2v) is 8.31. The molecule has 0 spiro atoms. The van der Waals surface area contributed by atoms with Gasteiger partial charge in [0, 0.05) is 24.6 Å². The number of benzene rings is 3. The third kappa shape index (κ3) is 21.6. The molecule has 0 aromatic heterocycles. The number of aliphatic carboxylic acids is 2. The van der Waals surface area contributed by atoms with E-state index >= 15 is 0 Å². The van der Waals surface area contributed by atoms with Crippen molar-refractivity contribution < 1.29 is 29.4 Å². The number of hydrogen-bond acceptors (Lipinski definition) is 7. The number of nitrogens with two attached hydrogens (primary N) is 3. The standard InChI is InChI=1S/2C8H11N.C8H8O.C3H7NO2.C3H4O3/c3*1-7(9)8-5-3-2-4-6-8;2*1-2(4)3(5)6/h2*2-7H,9H2,1H3;2-6H,1H3;2H,4H2,1H3,(H,5,6);1H3,(H,5,6)/t7-;;;;/m0..../s1. The van der Waals surface area contributed by atoms with Crippen LogP contribution < -0.4 is 17.2 Å². The van der Waals surface area contributed by atoms with Crippen LogP contribution in [-0.2, 0) is 14.4 Å². The lowest BCUT2D eigenvalue weighted by atomic mass is 10.1. The van der Waals surface area contributed by atoms with Crippen LogP contribution in [0.1, 0.15) is 68.2 Å². The van der Waals surface area contributed by atoms with Crippen LogP contribution in [0.2, 0.25) is 0 Å². The van der Waals surface area contributed by atoms with Crippen molar-refractivity contribution in [3.8, 4) is 0 Å². The molecule has 212 valence electrons. The predicted octanol–water partition coefficient (Wildman–Crippen LogP) is 4.38. The molecule has 3 rings (SSSR count). The largest absolute Gasteiger partial charge is 0.480 e. The molecule has 9 heteroatoms.